The van der Waals surface area contributed by atoms with Crippen molar-refractivity contribution in [2.24, 2.45) is 11.7 Å². The van der Waals surface area contributed by atoms with E-state index < -0.39 is 0 Å². The highest BCUT2D eigenvalue weighted by atomic mass is 16.5. The van der Waals surface area contributed by atoms with Crippen molar-refractivity contribution in [2.75, 3.05) is 132 Å². The Morgan fingerprint density at radius 1 is 0.341 bits per heavy atom. The molecule has 2 aliphatic carbocycles. The zero-order valence-electron chi connectivity index (χ0n) is 76.3. The largest absolute Gasteiger partial charge is 0.381 e. The second-order valence-corrected chi connectivity index (χ2v) is 39.2. The maximum atomic E-state index is 6.06. The molecule has 0 amide bonds. The molecule has 8 aliphatic heterocycles. The molecule has 2 saturated carbocycles. The molecule has 15 aromatic heterocycles. The van der Waals surface area contributed by atoms with Gasteiger partial charge in [0.05, 0.1) is 87.5 Å². The Morgan fingerprint density at radius 3 is 1.02 bits per heavy atom. The lowest BCUT2D eigenvalue weighted by Gasteiger charge is -2.35. The third-order valence-corrected chi connectivity index (χ3v) is 30.9. The third-order valence-electron chi connectivity index (χ3n) is 30.9. The van der Waals surface area contributed by atoms with E-state index in [1.165, 1.54) is 117 Å². The molecule has 31 heteroatoms. The average Bonchev–Trinajstić information content (AvgIpc) is 1.62. The highest BCUT2D eigenvalue weighted by Crippen LogP contribution is 2.43. The van der Waals surface area contributed by atoms with Crippen LogP contribution in [-0.4, -0.2) is 258 Å². The third kappa shape index (κ3) is 17.8. The summed E-state index contributed by atoms with van der Waals surface area (Å²) in [4.78, 5) is 71.7. The number of piperidine rings is 3. The van der Waals surface area contributed by atoms with Crippen LogP contribution in [0.2, 0.25) is 0 Å². The minimum absolute atomic E-state index is 0.367. The van der Waals surface area contributed by atoms with Crippen molar-refractivity contribution in [3.8, 4) is 0 Å². The molecule has 15 aromatic rings. The smallest absolute Gasteiger partial charge is 0.158 e. The molecular formula is C98H132N26O5. The number of nitrogens with one attached hydrogen (secondary N) is 7. The van der Waals surface area contributed by atoms with Crippen molar-refractivity contribution >= 4 is 89.9 Å². The van der Waals surface area contributed by atoms with Crippen molar-refractivity contribution in [1.29, 1.82) is 0 Å². The number of ether oxygens (including phenoxy) is 5. The number of rotatable bonds is 12. The van der Waals surface area contributed by atoms with E-state index in [0.29, 0.717) is 77.3 Å². The Hall–Kier alpha value is -9.80. The van der Waals surface area contributed by atoms with Gasteiger partial charge in [0.1, 0.15) is 5.82 Å². The van der Waals surface area contributed by atoms with Crippen LogP contribution in [-0.2, 0) is 23.7 Å². The van der Waals surface area contributed by atoms with E-state index in [-0.39, 0.29) is 0 Å². The maximum Gasteiger partial charge on any atom is 0.158 e. The molecule has 31 nitrogen and oxygen atoms in total. The number of aromatic amines is 5. The summed E-state index contributed by atoms with van der Waals surface area (Å²) in [7, 11) is 8.75. The minimum Gasteiger partial charge on any atom is -0.381 e. The summed E-state index contributed by atoms with van der Waals surface area (Å²) in [6.45, 7) is 18.4. The van der Waals surface area contributed by atoms with E-state index >= 15 is 0 Å². The number of nitrogens with zero attached hydrogens (tertiary/aromatic N) is 18. The van der Waals surface area contributed by atoms with Crippen LogP contribution in [0.1, 0.15) is 265 Å². The van der Waals surface area contributed by atoms with Gasteiger partial charge in [-0.1, -0.05) is 6.92 Å². The fourth-order valence-corrected chi connectivity index (χ4v) is 23.1. The number of H-pyrrole nitrogens is 5. The Labute approximate surface area is 752 Å². The first-order valence-electron chi connectivity index (χ1n) is 48.7. The van der Waals surface area contributed by atoms with Gasteiger partial charge in [-0.15, -0.1) is 0 Å². The van der Waals surface area contributed by atoms with Crippen LogP contribution in [0.25, 0.3) is 84.1 Å². The van der Waals surface area contributed by atoms with Crippen molar-refractivity contribution in [1.82, 2.24) is 117 Å². The quantitative estimate of drug-likeness (QED) is 0.0563. The first-order chi connectivity index (χ1) is 63.3. The van der Waals surface area contributed by atoms with Gasteiger partial charge in [0.2, 0.25) is 0 Å². The van der Waals surface area contributed by atoms with Crippen LogP contribution in [0.5, 0.6) is 0 Å². The summed E-state index contributed by atoms with van der Waals surface area (Å²) in [5, 5.41) is 7.01. The second kappa shape index (κ2) is 38.2. The summed E-state index contributed by atoms with van der Waals surface area (Å²) in [6.07, 6.45) is 57.4. The van der Waals surface area contributed by atoms with Gasteiger partial charge in [0.15, 0.2) is 56.5 Å². The molecule has 9 N–H and O–H groups in total. The summed E-state index contributed by atoms with van der Waals surface area (Å²) >= 11 is 0. The molecule has 25 rings (SSSR count). The number of anilines is 1. The van der Waals surface area contributed by atoms with Gasteiger partial charge in [-0.3, -0.25) is 22.0 Å². The Kier molecular flexibility index (Phi) is 25.4. The molecule has 4 unspecified atom stereocenters. The van der Waals surface area contributed by atoms with Crippen molar-refractivity contribution in [2.45, 2.75) is 239 Å². The van der Waals surface area contributed by atoms with Crippen LogP contribution in [0.4, 0.5) is 5.82 Å². The monoisotopic (exact) mass is 1750 g/mol. The summed E-state index contributed by atoms with van der Waals surface area (Å²) < 4.78 is 39.0. The molecule has 0 spiro atoms. The van der Waals surface area contributed by atoms with E-state index in [4.69, 9.17) is 54.3 Å². The molecule has 129 heavy (non-hydrogen) atoms. The van der Waals surface area contributed by atoms with Gasteiger partial charge < -0.3 is 79.7 Å². The second-order valence-electron chi connectivity index (χ2n) is 39.2. The van der Waals surface area contributed by atoms with Crippen LogP contribution < -0.4 is 21.3 Å². The molecule has 23 heterocycles. The highest BCUT2D eigenvalue weighted by molar-refractivity contribution is 5.83. The number of nitrogens with two attached hydrogens (primary N) is 1. The van der Waals surface area contributed by atoms with Crippen molar-refractivity contribution < 1.29 is 23.7 Å². The maximum absolute atomic E-state index is 6.06. The summed E-state index contributed by atoms with van der Waals surface area (Å²) in [6, 6.07) is 2.33. The number of hydrogen-bond donors (Lipinski definition) is 8. The number of imidazole rings is 5. The lowest BCUT2D eigenvalue weighted by molar-refractivity contribution is 0.0854. The number of hydrogen-bond acceptors (Lipinski definition) is 21. The number of fused-ring (bicyclic) bond motifs is 15. The summed E-state index contributed by atoms with van der Waals surface area (Å²) in [5.41, 5.74) is 33.2. The normalized spacial score (nSPS) is 24.5. The van der Waals surface area contributed by atoms with Crippen LogP contribution in [0.3, 0.4) is 0 Å². The van der Waals surface area contributed by atoms with Crippen molar-refractivity contribution in [3.05, 3.63) is 144 Å². The predicted molar refractivity (Wildman–Crippen MR) is 504 cm³/mol. The Morgan fingerprint density at radius 2 is 0.667 bits per heavy atom. The SMILES string of the molecule is CC1CC(c2cn3c(cnc4[nH]cc(C5CCOCC5)c43)n2)CCN1.CC1CNCCC1c1cn2c(cnc3[nH]cc(C4CCOCC4)c32)n1.CN(C)C1CCC(c2cn3c(cnc4[nH]cc(C5CCOCC5)c43)n2)CC1.CN(C)C1CCN(c2cn3c(cnc4[nH]cc(C5CCOCC5)c43)n2)CC1.NC1CCC(c2cn3c(cnc4[nH]cc(C5CCOCC5)c43)n2)CC1. The van der Waals surface area contributed by atoms with E-state index in [0.717, 1.165) is 276 Å². The molecule has 4 atom stereocenters. The lowest BCUT2D eigenvalue weighted by Crippen LogP contribution is -2.42. The van der Waals surface area contributed by atoms with E-state index in [9.17, 15) is 0 Å². The van der Waals surface area contributed by atoms with E-state index in [1.807, 2.05) is 31.0 Å². The summed E-state index contributed by atoms with van der Waals surface area (Å²) in [5.74, 6) is 6.54. The molecule has 684 valence electrons. The molecule has 10 aliphatic rings. The fraction of sp³-hybridized carbons (Fsp3) is 0.592. The molecule has 8 saturated heterocycles. The van der Waals surface area contributed by atoms with Gasteiger partial charge in [-0.2, -0.15) is 0 Å². The topological polar surface area (TPSA) is 336 Å². The highest BCUT2D eigenvalue weighted by Gasteiger charge is 2.34. The lowest BCUT2D eigenvalue weighted by atomic mass is 9.84. The molecule has 0 bridgehead atoms. The van der Waals surface area contributed by atoms with Crippen molar-refractivity contribution in [3.63, 3.8) is 0 Å². The molecule has 10 fully saturated rings. The van der Waals surface area contributed by atoms with Gasteiger partial charge in [-0.25, -0.2) is 49.8 Å². The molecular weight excluding hydrogens is 1620 g/mol. The predicted octanol–water partition coefficient (Wildman–Crippen LogP) is 15.2. The average molecular weight is 1750 g/mol. The zero-order valence-corrected chi connectivity index (χ0v) is 76.3. The fourth-order valence-electron chi connectivity index (χ4n) is 23.1. The van der Waals surface area contributed by atoms with E-state index in [2.05, 4.69) is 201 Å². The van der Waals surface area contributed by atoms with Gasteiger partial charge in [0, 0.05) is 183 Å². The zero-order chi connectivity index (χ0) is 87.2. The van der Waals surface area contributed by atoms with Crippen LogP contribution in [0.15, 0.2) is 93.0 Å². The van der Waals surface area contributed by atoms with Crippen LogP contribution in [0, 0.1) is 5.92 Å². The number of aromatic nitrogens is 20. The first-order valence-corrected chi connectivity index (χ1v) is 48.7. The van der Waals surface area contributed by atoms with E-state index in [1.54, 1.807) is 0 Å². The minimum atomic E-state index is 0.367. The first kappa shape index (κ1) is 85.9. The molecule has 0 radical (unpaired) electrons. The Balaban J connectivity index is 0.0000000978. The van der Waals surface area contributed by atoms with Gasteiger partial charge in [0.25, 0.3) is 0 Å². The Bertz CT molecular complexity index is 6120. The standard InChI is InChI=1S/C21H29N5O.C20H28N6O.3C19H25N5O/c1-25(2)16-5-3-15(4-6-16)18-13-26-19(24-18)12-23-21-20(26)17(11-22-21)14-7-9-27-10-8-14;1-24(2)15-3-7-25(8-4-15)18-13-26-17(23-18)12-22-20-19(26)16(11-21-20)14-5-9-27-10-6-14;1-12-8-20-5-2-14(12)16-11-24-17(23-16)10-22-19-18(24)15(9-21-19)13-3-6-25-7-4-13;1-12-8-14(2-5-20-12)16-11-24-17(23-16)10-22-19-18(24)15(9-21-19)13-3-6-25-7-4-13;20-14-3-1-13(2-4-14)16-11-24-17(23-16)10-22-19-18(24)15(9-21-19)12-5-7-25-8-6-12/h11-16,22H,3-10H2,1-2H3;11-15,21H,3-10H2,1-2H3;2*9-14,20-21H,2-8H2,1H3;9-14,21H,1-8,20H2. The van der Waals surface area contributed by atoms with Gasteiger partial charge in [-0.05, 0) is 266 Å². The van der Waals surface area contributed by atoms with Crippen LogP contribution >= 0.6 is 0 Å². The molecule has 0 aromatic carbocycles. The van der Waals surface area contributed by atoms with Gasteiger partial charge >= 0.3 is 0 Å².